The molecule has 0 aliphatic heterocycles. The average molecular weight is 368 g/mol. The molecule has 1 aromatic heterocycles. The van der Waals surface area contributed by atoms with Crippen LogP contribution in [0.1, 0.15) is 12.5 Å². The van der Waals surface area contributed by atoms with Crippen LogP contribution in [0.3, 0.4) is 0 Å². The molecule has 0 fully saturated rings. The molecule has 0 saturated heterocycles. The highest BCUT2D eigenvalue weighted by atomic mass is 79.9. The van der Waals surface area contributed by atoms with E-state index in [2.05, 4.69) is 33.1 Å². The minimum Gasteiger partial charge on any atom is -0.423 e. The molecule has 1 aromatic carbocycles. The van der Waals surface area contributed by atoms with E-state index in [0.717, 1.165) is 21.8 Å². The van der Waals surface area contributed by atoms with E-state index < -0.39 is 3.24 Å². The van der Waals surface area contributed by atoms with E-state index in [-0.39, 0.29) is 0 Å². The zero-order valence-corrected chi connectivity index (χ0v) is 13.3. The summed E-state index contributed by atoms with van der Waals surface area (Å²) in [7, 11) is 0. The van der Waals surface area contributed by atoms with Crippen LogP contribution >= 0.6 is 50.9 Å². The Morgan fingerprint density at radius 3 is 2.78 bits per heavy atom. The predicted octanol–water partition coefficient (Wildman–Crippen LogP) is 4.83. The third kappa shape index (κ3) is 3.20. The highest BCUT2D eigenvalue weighted by molar-refractivity contribution is 9.10. The molecule has 0 amide bonds. The van der Waals surface area contributed by atoms with Crippen LogP contribution < -0.4 is 0 Å². The molecule has 0 bridgehead atoms. The Kier molecular flexibility index (Phi) is 4.59. The summed E-state index contributed by atoms with van der Waals surface area (Å²) in [6.45, 7) is 2.08. The van der Waals surface area contributed by atoms with Crippen LogP contribution in [-0.4, -0.2) is 16.0 Å². The topological polar surface area (TPSA) is 38.9 Å². The lowest BCUT2D eigenvalue weighted by molar-refractivity contribution is 0.567. The van der Waals surface area contributed by atoms with E-state index >= 15 is 0 Å². The Morgan fingerprint density at radius 1 is 1.44 bits per heavy atom. The van der Waals surface area contributed by atoms with Crippen LogP contribution in [0.5, 0.6) is 0 Å². The van der Waals surface area contributed by atoms with E-state index in [1.807, 2.05) is 18.2 Å². The number of thioether (sulfide) groups is 1. The molecule has 0 aliphatic carbocycles. The summed E-state index contributed by atoms with van der Waals surface area (Å²) in [5.41, 5.74) is 1.56. The lowest BCUT2D eigenvalue weighted by atomic mass is 10.1. The van der Waals surface area contributed by atoms with Crippen LogP contribution in [0.25, 0.3) is 11.5 Å². The highest BCUT2D eigenvalue weighted by Crippen LogP contribution is 2.43. The minimum absolute atomic E-state index is 0.456. The summed E-state index contributed by atoms with van der Waals surface area (Å²) < 4.78 is 4.11. The molecular formula is C11H9BrCl2N2OS. The maximum atomic E-state index is 6.03. The second kappa shape index (κ2) is 5.82. The van der Waals surface area contributed by atoms with Gasteiger partial charge in [-0.25, -0.2) is 0 Å². The smallest absolute Gasteiger partial charge is 0.248 e. The zero-order valence-electron chi connectivity index (χ0n) is 9.36. The number of rotatable bonds is 4. The van der Waals surface area contributed by atoms with Gasteiger partial charge in [0, 0.05) is 4.90 Å². The monoisotopic (exact) mass is 366 g/mol. The van der Waals surface area contributed by atoms with Gasteiger partial charge < -0.3 is 4.42 Å². The number of nitrogens with zero attached hydrogens (tertiary/aromatic N) is 2. The Morgan fingerprint density at radius 2 is 2.22 bits per heavy atom. The second-order valence-electron chi connectivity index (χ2n) is 3.39. The lowest BCUT2D eigenvalue weighted by Gasteiger charge is -2.14. The van der Waals surface area contributed by atoms with Crippen LogP contribution in [-0.2, 0) is 3.24 Å². The van der Waals surface area contributed by atoms with Gasteiger partial charge in [-0.15, -0.1) is 22.0 Å². The van der Waals surface area contributed by atoms with Crippen LogP contribution in [0.2, 0.25) is 0 Å². The first kappa shape index (κ1) is 14.2. The van der Waals surface area contributed by atoms with Crippen molar-refractivity contribution in [2.45, 2.75) is 15.1 Å². The Labute approximate surface area is 127 Å². The van der Waals surface area contributed by atoms with Crippen molar-refractivity contribution in [3.63, 3.8) is 0 Å². The fourth-order valence-electron chi connectivity index (χ4n) is 1.45. The van der Waals surface area contributed by atoms with Gasteiger partial charge in [-0.05, 0) is 39.4 Å². The molecule has 7 heteroatoms. The molecular weight excluding hydrogens is 359 g/mol. The molecule has 2 aromatic rings. The van der Waals surface area contributed by atoms with Gasteiger partial charge in [0.05, 0.1) is 5.56 Å². The molecule has 3 nitrogen and oxygen atoms in total. The molecule has 1 heterocycles. The fraction of sp³-hybridized carbons (Fsp3) is 0.273. The minimum atomic E-state index is -1.13. The maximum Gasteiger partial charge on any atom is 0.248 e. The zero-order chi connectivity index (χ0) is 13.2. The molecule has 0 spiro atoms. The van der Waals surface area contributed by atoms with Gasteiger partial charge in [-0.2, -0.15) is 0 Å². The van der Waals surface area contributed by atoms with Crippen molar-refractivity contribution >= 4 is 50.9 Å². The van der Waals surface area contributed by atoms with E-state index in [1.54, 1.807) is 11.8 Å². The number of alkyl halides is 3. The number of benzene rings is 1. The summed E-state index contributed by atoms with van der Waals surface area (Å²) in [4.78, 5) is 1.05. The first-order chi connectivity index (χ1) is 8.52. The number of hydrogen-bond donors (Lipinski definition) is 0. The standard InChI is InChI=1S/C11H9BrCl2N2OS/c1-2-18-9-4-3-7(11(12,13)14)5-8(9)10-16-15-6-17-10/h3-6H,2H2,1H3. The molecule has 0 atom stereocenters. The van der Waals surface area contributed by atoms with E-state index in [0.29, 0.717) is 5.89 Å². The van der Waals surface area contributed by atoms with Crippen LogP contribution in [0, 0.1) is 0 Å². The van der Waals surface area contributed by atoms with E-state index in [1.165, 1.54) is 6.39 Å². The molecule has 0 radical (unpaired) electrons. The van der Waals surface area contributed by atoms with Crippen molar-refractivity contribution in [2.24, 2.45) is 0 Å². The quantitative estimate of drug-likeness (QED) is 0.573. The molecule has 18 heavy (non-hydrogen) atoms. The van der Waals surface area contributed by atoms with Gasteiger partial charge >= 0.3 is 0 Å². The molecule has 2 rings (SSSR count). The van der Waals surface area contributed by atoms with E-state index in [4.69, 9.17) is 27.6 Å². The summed E-state index contributed by atoms with van der Waals surface area (Å²) in [6.07, 6.45) is 1.30. The third-order valence-electron chi connectivity index (χ3n) is 2.20. The van der Waals surface area contributed by atoms with Crippen LogP contribution in [0.15, 0.2) is 33.9 Å². The van der Waals surface area contributed by atoms with Gasteiger partial charge in [-0.3, -0.25) is 0 Å². The van der Waals surface area contributed by atoms with Crippen molar-refractivity contribution < 1.29 is 4.42 Å². The first-order valence-corrected chi connectivity index (χ1v) is 7.66. The lowest BCUT2D eigenvalue weighted by Crippen LogP contribution is -2.00. The maximum absolute atomic E-state index is 6.03. The summed E-state index contributed by atoms with van der Waals surface area (Å²) in [5, 5.41) is 7.61. The van der Waals surface area contributed by atoms with Gasteiger partial charge in [0.15, 0.2) is 3.24 Å². The third-order valence-corrected chi connectivity index (χ3v) is 4.05. The van der Waals surface area contributed by atoms with Gasteiger partial charge in [0.1, 0.15) is 0 Å². The second-order valence-corrected chi connectivity index (χ2v) is 8.12. The molecule has 0 N–H and O–H groups in total. The van der Waals surface area contributed by atoms with E-state index in [9.17, 15) is 0 Å². The van der Waals surface area contributed by atoms with Gasteiger partial charge in [0.2, 0.25) is 12.3 Å². The predicted molar refractivity (Wildman–Crippen MR) is 78.4 cm³/mol. The van der Waals surface area contributed by atoms with Crippen LogP contribution in [0.4, 0.5) is 0 Å². The summed E-state index contributed by atoms with van der Waals surface area (Å²) >= 11 is 17.0. The van der Waals surface area contributed by atoms with Crippen molar-refractivity contribution in [3.05, 3.63) is 30.2 Å². The average Bonchev–Trinajstić information content (AvgIpc) is 2.82. The number of aromatic nitrogens is 2. The van der Waals surface area contributed by atoms with Gasteiger partial charge in [-0.1, -0.05) is 36.2 Å². The molecule has 96 valence electrons. The number of hydrogen-bond acceptors (Lipinski definition) is 4. The van der Waals surface area contributed by atoms with Crippen molar-refractivity contribution in [2.75, 3.05) is 5.75 Å². The number of halogens is 3. The SMILES string of the molecule is CCSc1ccc(C(Cl)(Cl)Br)cc1-c1nnco1. The summed E-state index contributed by atoms with van der Waals surface area (Å²) in [5.74, 6) is 1.40. The van der Waals surface area contributed by atoms with Gasteiger partial charge in [0.25, 0.3) is 0 Å². The molecule has 0 aliphatic rings. The Bertz CT molecular complexity index is 528. The molecule has 0 saturated carbocycles. The normalized spacial score (nSPS) is 11.8. The van der Waals surface area contributed by atoms with Crippen molar-refractivity contribution in [1.29, 1.82) is 0 Å². The highest BCUT2D eigenvalue weighted by Gasteiger charge is 2.24. The Balaban J connectivity index is 2.52. The fourth-order valence-corrected chi connectivity index (χ4v) is 2.70. The first-order valence-electron chi connectivity index (χ1n) is 5.13. The van der Waals surface area contributed by atoms with Crippen molar-refractivity contribution in [1.82, 2.24) is 10.2 Å². The summed E-state index contributed by atoms with van der Waals surface area (Å²) in [6, 6.07) is 5.66. The Hall–Kier alpha value is -0.230. The molecule has 0 unspecified atom stereocenters. The largest absolute Gasteiger partial charge is 0.423 e. The van der Waals surface area contributed by atoms with Crippen molar-refractivity contribution in [3.8, 4) is 11.5 Å².